The summed E-state index contributed by atoms with van der Waals surface area (Å²) in [7, 11) is 1.46. The molecule has 20 heavy (non-hydrogen) atoms. The zero-order valence-electron chi connectivity index (χ0n) is 10.7. The molecule has 5 heteroatoms. The zero-order valence-corrected chi connectivity index (χ0v) is 11.5. The molecule has 0 bridgehead atoms. The van der Waals surface area contributed by atoms with Crippen LogP contribution in [0, 0.1) is 0 Å². The van der Waals surface area contributed by atoms with Crippen molar-refractivity contribution >= 4 is 27.5 Å². The van der Waals surface area contributed by atoms with Gasteiger partial charge in [0, 0.05) is 5.56 Å². The maximum absolute atomic E-state index is 11.1. The molecular weight excluding hydrogens is 274 g/mol. The lowest BCUT2D eigenvalue weighted by molar-refractivity contribution is 0.0693. The number of hydrogen-bond donors (Lipinski definition) is 1. The minimum Gasteiger partial charge on any atom is -0.496 e. The maximum Gasteiger partial charge on any atom is 0.339 e. The SMILES string of the molecule is COc1cc(-c2nc3ccccc3s2)ccc1C(=O)O. The van der Waals surface area contributed by atoms with Gasteiger partial charge in [-0.15, -0.1) is 11.3 Å². The first kappa shape index (κ1) is 12.6. The number of aromatic nitrogens is 1. The number of nitrogens with zero attached hydrogens (tertiary/aromatic N) is 1. The van der Waals surface area contributed by atoms with E-state index >= 15 is 0 Å². The summed E-state index contributed by atoms with van der Waals surface area (Å²) in [5.74, 6) is -0.660. The molecule has 3 rings (SSSR count). The van der Waals surface area contributed by atoms with E-state index in [0.717, 1.165) is 20.8 Å². The summed E-state index contributed by atoms with van der Waals surface area (Å²) >= 11 is 1.57. The van der Waals surface area contributed by atoms with Crippen LogP contribution in [-0.4, -0.2) is 23.2 Å². The van der Waals surface area contributed by atoms with E-state index in [1.165, 1.54) is 7.11 Å². The van der Waals surface area contributed by atoms with E-state index in [2.05, 4.69) is 4.98 Å². The molecule has 0 amide bonds. The van der Waals surface area contributed by atoms with Gasteiger partial charge in [-0.25, -0.2) is 9.78 Å². The van der Waals surface area contributed by atoms with Gasteiger partial charge in [-0.1, -0.05) is 18.2 Å². The lowest BCUT2D eigenvalue weighted by atomic mass is 10.1. The number of carboxylic acids is 1. The van der Waals surface area contributed by atoms with E-state index in [0.29, 0.717) is 5.75 Å². The number of ether oxygens (including phenoxy) is 1. The highest BCUT2D eigenvalue weighted by Crippen LogP contribution is 2.33. The van der Waals surface area contributed by atoms with Crippen molar-refractivity contribution in [3.05, 3.63) is 48.0 Å². The molecule has 2 aromatic carbocycles. The second-order valence-electron chi connectivity index (χ2n) is 4.21. The van der Waals surface area contributed by atoms with Crippen molar-refractivity contribution in [2.75, 3.05) is 7.11 Å². The van der Waals surface area contributed by atoms with E-state index < -0.39 is 5.97 Å². The van der Waals surface area contributed by atoms with Crippen LogP contribution in [0.3, 0.4) is 0 Å². The molecule has 0 saturated heterocycles. The third-order valence-corrected chi connectivity index (χ3v) is 4.06. The third-order valence-electron chi connectivity index (χ3n) is 2.97. The molecule has 0 spiro atoms. The fraction of sp³-hybridized carbons (Fsp3) is 0.0667. The summed E-state index contributed by atoms with van der Waals surface area (Å²) < 4.78 is 6.24. The molecule has 0 saturated carbocycles. The number of carbonyl (C=O) groups is 1. The van der Waals surface area contributed by atoms with Gasteiger partial charge in [0.1, 0.15) is 16.3 Å². The Kier molecular flexibility index (Phi) is 3.12. The minimum absolute atomic E-state index is 0.150. The van der Waals surface area contributed by atoms with Crippen molar-refractivity contribution in [3.8, 4) is 16.3 Å². The van der Waals surface area contributed by atoms with Crippen molar-refractivity contribution in [3.63, 3.8) is 0 Å². The van der Waals surface area contributed by atoms with Gasteiger partial charge in [0.05, 0.1) is 17.3 Å². The molecule has 100 valence electrons. The van der Waals surface area contributed by atoms with Crippen LogP contribution in [-0.2, 0) is 0 Å². The Labute approximate surface area is 119 Å². The Bertz CT molecular complexity index is 762. The van der Waals surface area contributed by atoms with Crippen molar-refractivity contribution < 1.29 is 14.6 Å². The number of thiazole rings is 1. The van der Waals surface area contributed by atoms with Gasteiger partial charge in [0.2, 0.25) is 0 Å². The van der Waals surface area contributed by atoms with Crippen molar-refractivity contribution in [2.24, 2.45) is 0 Å². The molecule has 0 fully saturated rings. The van der Waals surface area contributed by atoms with Gasteiger partial charge >= 0.3 is 5.97 Å². The van der Waals surface area contributed by atoms with Gasteiger partial charge in [-0.3, -0.25) is 0 Å². The number of rotatable bonds is 3. The molecule has 1 heterocycles. The number of hydrogen-bond acceptors (Lipinski definition) is 4. The molecule has 0 aliphatic rings. The average Bonchev–Trinajstić information content (AvgIpc) is 2.90. The van der Waals surface area contributed by atoms with Crippen LogP contribution in [0.2, 0.25) is 0 Å². The van der Waals surface area contributed by atoms with Crippen LogP contribution in [0.1, 0.15) is 10.4 Å². The van der Waals surface area contributed by atoms with E-state index in [-0.39, 0.29) is 5.56 Å². The molecule has 0 aliphatic heterocycles. The van der Waals surface area contributed by atoms with Crippen LogP contribution in [0.15, 0.2) is 42.5 Å². The number of benzene rings is 2. The molecular formula is C15H11NO3S. The van der Waals surface area contributed by atoms with Gasteiger partial charge in [-0.2, -0.15) is 0 Å². The maximum atomic E-state index is 11.1. The van der Waals surface area contributed by atoms with Crippen molar-refractivity contribution in [1.82, 2.24) is 4.98 Å². The lowest BCUT2D eigenvalue weighted by Crippen LogP contribution is -2.00. The largest absolute Gasteiger partial charge is 0.496 e. The lowest BCUT2D eigenvalue weighted by Gasteiger charge is -2.06. The predicted molar refractivity (Wildman–Crippen MR) is 78.6 cm³/mol. The van der Waals surface area contributed by atoms with Crippen molar-refractivity contribution in [1.29, 1.82) is 0 Å². The zero-order chi connectivity index (χ0) is 14.1. The van der Waals surface area contributed by atoms with Crippen LogP contribution in [0.4, 0.5) is 0 Å². The van der Waals surface area contributed by atoms with Crippen LogP contribution >= 0.6 is 11.3 Å². The molecule has 3 aromatic rings. The summed E-state index contributed by atoms with van der Waals surface area (Å²) in [5.41, 5.74) is 1.94. The van der Waals surface area contributed by atoms with E-state index in [9.17, 15) is 4.79 Å². The summed E-state index contributed by atoms with van der Waals surface area (Å²) in [6, 6.07) is 12.9. The number of carboxylic acid groups (broad SMARTS) is 1. The van der Waals surface area contributed by atoms with Crippen molar-refractivity contribution in [2.45, 2.75) is 0 Å². The number of aromatic carboxylic acids is 1. The van der Waals surface area contributed by atoms with Crippen LogP contribution in [0.25, 0.3) is 20.8 Å². The Hall–Kier alpha value is -2.40. The summed E-state index contributed by atoms with van der Waals surface area (Å²) in [4.78, 5) is 15.6. The number of fused-ring (bicyclic) bond motifs is 1. The fourth-order valence-corrected chi connectivity index (χ4v) is 2.96. The first-order chi connectivity index (χ1) is 9.69. The quantitative estimate of drug-likeness (QED) is 0.797. The summed E-state index contributed by atoms with van der Waals surface area (Å²) in [5, 5.41) is 9.93. The third kappa shape index (κ3) is 2.12. The predicted octanol–water partition coefficient (Wildman–Crippen LogP) is 3.67. The Morgan fingerprint density at radius 1 is 1.25 bits per heavy atom. The molecule has 1 N–H and O–H groups in total. The highest BCUT2D eigenvalue weighted by Gasteiger charge is 2.13. The smallest absolute Gasteiger partial charge is 0.339 e. The minimum atomic E-state index is -1.00. The molecule has 0 atom stereocenters. The standard InChI is InChI=1S/C15H11NO3S/c1-19-12-8-9(6-7-10(12)15(17)18)14-16-11-4-2-3-5-13(11)20-14/h2-8H,1H3,(H,17,18). The second kappa shape index (κ2) is 4.94. The molecule has 0 aliphatic carbocycles. The highest BCUT2D eigenvalue weighted by atomic mass is 32.1. The number of methoxy groups -OCH3 is 1. The Balaban J connectivity index is 2.12. The topological polar surface area (TPSA) is 59.4 Å². The highest BCUT2D eigenvalue weighted by molar-refractivity contribution is 7.21. The summed E-state index contributed by atoms with van der Waals surface area (Å²) in [6.45, 7) is 0. The van der Waals surface area contributed by atoms with E-state index in [4.69, 9.17) is 9.84 Å². The monoisotopic (exact) mass is 285 g/mol. The Morgan fingerprint density at radius 2 is 2.05 bits per heavy atom. The van der Waals surface area contributed by atoms with Gasteiger partial charge in [0.15, 0.2) is 0 Å². The van der Waals surface area contributed by atoms with Crippen LogP contribution in [0.5, 0.6) is 5.75 Å². The molecule has 0 unspecified atom stereocenters. The van der Waals surface area contributed by atoms with E-state index in [1.807, 2.05) is 24.3 Å². The van der Waals surface area contributed by atoms with Crippen LogP contribution < -0.4 is 4.74 Å². The average molecular weight is 285 g/mol. The molecule has 4 nitrogen and oxygen atoms in total. The summed E-state index contributed by atoms with van der Waals surface area (Å²) in [6.07, 6.45) is 0. The van der Waals surface area contributed by atoms with Gasteiger partial charge < -0.3 is 9.84 Å². The number of para-hydroxylation sites is 1. The normalized spacial score (nSPS) is 10.7. The van der Waals surface area contributed by atoms with Gasteiger partial charge in [0.25, 0.3) is 0 Å². The first-order valence-corrected chi connectivity index (χ1v) is 6.78. The van der Waals surface area contributed by atoms with Gasteiger partial charge in [-0.05, 0) is 24.3 Å². The van der Waals surface area contributed by atoms with E-state index in [1.54, 1.807) is 29.5 Å². The molecule has 1 aromatic heterocycles. The second-order valence-corrected chi connectivity index (χ2v) is 5.24. The Morgan fingerprint density at radius 3 is 2.75 bits per heavy atom. The first-order valence-electron chi connectivity index (χ1n) is 5.96. The fourth-order valence-electron chi connectivity index (χ4n) is 2.00. The molecule has 0 radical (unpaired) electrons.